The Morgan fingerprint density at radius 1 is 0.459 bits per heavy atom. The van der Waals surface area contributed by atoms with Crippen LogP contribution in [0.4, 0.5) is 0 Å². The van der Waals surface area contributed by atoms with Crippen molar-refractivity contribution in [3.63, 3.8) is 0 Å². The van der Waals surface area contributed by atoms with Crippen molar-refractivity contribution in [1.82, 2.24) is 0 Å². The Labute approximate surface area is 231 Å². The average Bonchev–Trinajstić information content (AvgIpc) is 2.90. The minimum Gasteiger partial charge on any atom is -0.466 e. The number of esters is 2. The highest BCUT2D eigenvalue weighted by molar-refractivity contribution is 5.69. The van der Waals surface area contributed by atoms with Crippen LogP contribution in [0.1, 0.15) is 181 Å². The van der Waals surface area contributed by atoms with Gasteiger partial charge in [0.1, 0.15) is 0 Å². The largest absolute Gasteiger partial charge is 0.466 e. The van der Waals surface area contributed by atoms with Crippen molar-refractivity contribution < 1.29 is 19.1 Å². The average molecular weight is 525 g/mol. The van der Waals surface area contributed by atoms with E-state index < -0.39 is 0 Å². The summed E-state index contributed by atoms with van der Waals surface area (Å²) in [5.74, 6) is 0.673. The SMILES string of the molecule is CCCCCCOC(=O)CCCCCCCCCCCCCCC(CC)CCC(=O)OCCCCCC. The molecule has 4 heteroatoms. The zero-order chi connectivity index (χ0) is 27.2. The van der Waals surface area contributed by atoms with Crippen molar-refractivity contribution in [2.45, 2.75) is 181 Å². The van der Waals surface area contributed by atoms with Crippen LogP contribution in [-0.4, -0.2) is 25.2 Å². The maximum Gasteiger partial charge on any atom is 0.305 e. The molecule has 0 fully saturated rings. The lowest BCUT2D eigenvalue weighted by Crippen LogP contribution is -2.09. The highest BCUT2D eigenvalue weighted by Crippen LogP contribution is 2.20. The second kappa shape index (κ2) is 29.5. The van der Waals surface area contributed by atoms with Gasteiger partial charge in [0, 0.05) is 12.8 Å². The van der Waals surface area contributed by atoms with Gasteiger partial charge in [-0.2, -0.15) is 0 Å². The quantitative estimate of drug-likeness (QED) is 0.0721. The van der Waals surface area contributed by atoms with Crippen LogP contribution < -0.4 is 0 Å². The molecule has 0 amide bonds. The van der Waals surface area contributed by atoms with Crippen LogP contribution in [-0.2, 0) is 19.1 Å². The van der Waals surface area contributed by atoms with E-state index in [4.69, 9.17) is 9.47 Å². The first-order chi connectivity index (χ1) is 18.1. The Balaban J connectivity index is 3.38. The van der Waals surface area contributed by atoms with E-state index in [0.29, 0.717) is 32.0 Å². The molecule has 0 spiro atoms. The van der Waals surface area contributed by atoms with E-state index in [1.54, 1.807) is 0 Å². The summed E-state index contributed by atoms with van der Waals surface area (Å²) in [5, 5.41) is 0. The van der Waals surface area contributed by atoms with E-state index >= 15 is 0 Å². The van der Waals surface area contributed by atoms with Crippen LogP contribution in [0.25, 0.3) is 0 Å². The van der Waals surface area contributed by atoms with Gasteiger partial charge in [0.2, 0.25) is 0 Å². The molecule has 0 saturated heterocycles. The molecule has 0 bridgehead atoms. The van der Waals surface area contributed by atoms with E-state index in [-0.39, 0.29) is 11.9 Å². The van der Waals surface area contributed by atoms with Gasteiger partial charge in [0.15, 0.2) is 0 Å². The van der Waals surface area contributed by atoms with Crippen LogP contribution >= 0.6 is 0 Å². The molecule has 0 rings (SSSR count). The maximum atomic E-state index is 11.9. The monoisotopic (exact) mass is 524 g/mol. The number of hydrogen-bond acceptors (Lipinski definition) is 4. The standard InChI is InChI=1S/C33H64O4/c1-4-7-9-23-29-36-32(34)26-22-20-18-16-14-12-11-13-15-17-19-21-25-31(6-3)27-28-33(35)37-30-24-10-8-5-2/h31H,4-30H2,1-3H3. The van der Waals surface area contributed by atoms with Crippen molar-refractivity contribution in [2.75, 3.05) is 13.2 Å². The molecule has 0 aliphatic carbocycles. The fourth-order valence-corrected chi connectivity index (χ4v) is 4.92. The first kappa shape index (κ1) is 35.9. The Morgan fingerprint density at radius 3 is 1.32 bits per heavy atom. The van der Waals surface area contributed by atoms with E-state index in [2.05, 4.69) is 20.8 Å². The third-order valence-electron chi connectivity index (χ3n) is 7.60. The normalized spacial score (nSPS) is 12.0. The van der Waals surface area contributed by atoms with E-state index in [1.807, 2.05) is 0 Å². The molecule has 1 unspecified atom stereocenters. The van der Waals surface area contributed by atoms with Crippen molar-refractivity contribution in [3.05, 3.63) is 0 Å². The second-order valence-electron chi connectivity index (χ2n) is 11.2. The van der Waals surface area contributed by atoms with Gasteiger partial charge < -0.3 is 9.47 Å². The molecule has 4 nitrogen and oxygen atoms in total. The lowest BCUT2D eigenvalue weighted by Gasteiger charge is -2.14. The molecule has 0 aromatic heterocycles. The fourth-order valence-electron chi connectivity index (χ4n) is 4.92. The summed E-state index contributed by atoms with van der Waals surface area (Å²) in [5.41, 5.74) is 0. The smallest absolute Gasteiger partial charge is 0.305 e. The summed E-state index contributed by atoms with van der Waals surface area (Å²) in [4.78, 5) is 23.6. The maximum absolute atomic E-state index is 11.9. The lowest BCUT2D eigenvalue weighted by atomic mass is 9.93. The van der Waals surface area contributed by atoms with Crippen LogP contribution in [0, 0.1) is 5.92 Å². The van der Waals surface area contributed by atoms with Crippen molar-refractivity contribution in [3.8, 4) is 0 Å². The molecule has 0 aromatic carbocycles. The summed E-state index contributed by atoms with van der Waals surface area (Å²) in [6.07, 6.45) is 29.3. The minimum atomic E-state index is -0.00471. The molecule has 220 valence electrons. The summed E-state index contributed by atoms with van der Waals surface area (Å²) in [6, 6.07) is 0. The van der Waals surface area contributed by atoms with Crippen molar-refractivity contribution >= 4 is 11.9 Å². The number of rotatable bonds is 29. The molecule has 1 atom stereocenters. The number of hydrogen-bond donors (Lipinski definition) is 0. The molecular formula is C33H64O4. The molecule has 37 heavy (non-hydrogen) atoms. The first-order valence-corrected chi connectivity index (χ1v) is 16.4. The van der Waals surface area contributed by atoms with Gasteiger partial charge >= 0.3 is 11.9 Å². The molecule has 0 radical (unpaired) electrons. The summed E-state index contributed by atoms with van der Waals surface area (Å²) in [7, 11) is 0. The van der Waals surface area contributed by atoms with Gasteiger partial charge in [-0.25, -0.2) is 0 Å². The summed E-state index contributed by atoms with van der Waals surface area (Å²) in [6.45, 7) is 7.86. The van der Waals surface area contributed by atoms with Gasteiger partial charge in [-0.3, -0.25) is 9.59 Å². The van der Waals surface area contributed by atoms with Gasteiger partial charge in [0.25, 0.3) is 0 Å². The first-order valence-electron chi connectivity index (χ1n) is 16.4. The molecule has 0 N–H and O–H groups in total. The molecular weight excluding hydrogens is 460 g/mol. The molecule has 0 saturated carbocycles. The molecule has 0 aliphatic rings. The third-order valence-corrected chi connectivity index (χ3v) is 7.60. The predicted molar refractivity (Wildman–Crippen MR) is 158 cm³/mol. The number of unbranched alkanes of at least 4 members (excludes halogenated alkanes) is 17. The van der Waals surface area contributed by atoms with E-state index in [0.717, 1.165) is 32.1 Å². The Bertz CT molecular complexity index is 491. The highest BCUT2D eigenvalue weighted by atomic mass is 16.5. The zero-order valence-electron chi connectivity index (χ0n) is 25.3. The van der Waals surface area contributed by atoms with E-state index in [9.17, 15) is 9.59 Å². The summed E-state index contributed by atoms with van der Waals surface area (Å²) < 4.78 is 10.7. The van der Waals surface area contributed by atoms with Gasteiger partial charge in [0.05, 0.1) is 13.2 Å². The highest BCUT2D eigenvalue weighted by Gasteiger charge is 2.10. The molecule has 0 aromatic rings. The van der Waals surface area contributed by atoms with Crippen molar-refractivity contribution in [2.24, 2.45) is 5.92 Å². The van der Waals surface area contributed by atoms with Gasteiger partial charge in [-0.1, -0.05) is 143 Å². The van der Waals surface area contributed by atoms with E-state index in [1.165, 1.54) is 116 Å². The lowest BCUT2D eigenvalue weighted by molar-refractivity contribution is -0.145. The third kappa shape index (κ3) is 27.8. The number of ether oxygens (including phenoxy) is 2. The number of carbonyl (C=O) groups excluding carboxylic acids is 2. The Kier molecular flexibility index (Phi) is 28.7. The fraction of sp³-hybridized carbons (Fsp3) is 0.939. The zero-order valence-corrected chi connectivity index (χ0v) is 25.3. The van der Waals surface area contributed by atoms with Crippen molar-refractivity contribution in [1.29, 1.82) is 0 Å². The van der Waals surface area contributed by atoms with Crippen LogP contribution in [0.15, 0.2) is 0 Å². The topological polar surface area (TPSA) is 52.6 Å². The molecule has 0 aliphatic heterocycles. The van der Waals surface area contributed by atoms with Gasteiger partial charge in [-0.15, -0.1) is 0 Å². The van der Waals surface area contributed by atoms with Crippen LogP contribution in [0.2, 0.25) is 0 Å². The second-order valence-corrected chi connectivity index (χ2v) is 11.2. The summed E-state index contributed by atoms with van der Waals surface area (Å²) >= 11 is 0. The van der Waals surface area contributed by atoms with Gasteiger partial charge in [-0.05, 0) is 31.6 Å². The van der Waals surface area contributed by atoms with Crippen LogP contribution in [0.5, 0.6) is 0 Å². The minimum absolute atomic E-state index is 0.00291. The predicted octanol–water partition coefficient (Wildman–Crippen LogP) is 10.5. The Morgan fingerprint density at radius 2 is 0.865 bits per heavy atom. The van der Waals surface area contributed by atoms with Crippen LogP contribution in [0.3, 0.4) is 0 Å². The Hall–Kier alpha value is -1.06. The molecule has 0 heterocycles. The number of carbonyl (C=O) groups is 2.